The van der Waals surface area contributed by atoms with Gasteiger partial charge in [-0.2, -0.15) is 5.10 Å². The van der Waals surface area contributed by atoms with Crippen LogP contribution in [0.4, 0.5) is 0 Å². The van der Waals surface area contributed by atoms with E-state index in [1.54, 1.807) is 6.20 Å². The highest BCUT2D eigenvalue weighted by molar-refractivity contribution is 7.89. The predicted molar refractivity (Wildman–Crippen MR) is 66.9 cm³/mol. The van der Waals surface area contributed by atoms with Crippen molar-refractivity contribution in [2.75, 3.05) is 0 Å². The van der Waals surface area contributed by atoms with Crippen molar-refractivity contribution in [2.45, 2.75) is 11.4 Å². The van der Waals surface area contributed by atoms with Gasteiger partial charge >= 0.3 is 0 Å². The van der Waals surface area contributed by atoms with Crippen molar-refractivity contribution in [3.05, 3.63) is 40.4 Å². The van der Waals surface area contributed by atoms with Crippen molar-refractivity contribution < 1.29 is 8.42 Å². The zero-order chi connectivity index (χ0) is 13.2. The summed E-state index contributed by atoms with van der Waals surface area (Å²) in [6.07, 6.45) is 4.26. The van der Waals surface area contributed by atoms with Crippen LogP contribution in [0.25, 0.3) is 0 Å². The average Bonchev–Trinajstić information content (AvgIpc) is 2.83. The monoisotopic (exact) mass is 306 g/mol. The highest BCUT2D eigenvalue weighted by Gasteiger charge is 2.16. The molecule has 0 aliphatic rings. The Morgan fingerprint density at radius 2 is 2.11 bits per heavy atom. The minimum absolute atomic E-state index is 0.0413. The molecule has 96 valence electrons. The highest BCUT2D eigenvalue weighted by atomic mass is 35.5. The first kappa shape index (κ1) is 13.3. The fraction of sp³-hybridized carbons (Fsp3) is 0.111. The predicted octanol–water partition coefficient (Wildman–Crippen LogP) is 1.59. The number of nitrogens with one attached hydrogen (secondary N) is 2. The number of hydrogen-bond acceptors (Lipinski definition) is 4. The highest BCUT2D eigenvalue weighted by Crippen LogP contribution is 2.22. The number of rotatable bonds is 4. The summed E-state index contributed by atoms with van der Waals surface area (Å²) in [7, 11) is -3.67. The van der Waals surface area contributed by atoms with Crippen LogP contribution in [0.3, 0.4) is 0 Å². The van der Waals surface area contributed by atoms with Crippen molar-refractivity contribution in [3.8, 4) is 0 Å². The molecule has 0 amide bonds. The number of aromatic amines is 1. The van der Waals surface area contributed by atoms with E-state index in [0.29, 0.717) is 5.56 Å². The SMILES string of the molecule is O=S(=O)(NCc1cn[nH]c1)c1cnc(Cl)c(Cl)c1. The lowest BCUT2D eigenvalue weighted by Crippen LogP contribution is -2.23. The molecule has 0 atom stereocenters. The molecule has 0 aliphatic carbocycles. The van der Waals surface area contributed by atoms with Gasteiger partial charge in [-0.15, -0.1) is 0 Å². The molecule has 6 nitrogen and oxygen atoms in total. The molecule has 0 saturated heterocycles. The maximum atomic E-state index is 11.9. The van der Waals surface area contributed by atoms with Crippen LogP contribution in [0.15, 0.2) is 29.6 Å². The Hall–Kier alpha value is -1.15. The van der Waals surface area contributed by atoms with E-state index in [-0.39, 0.29) is 21.6 Å². The average molecular weight is 307 g/mol. The number of H-pyrrole nitrogens is 1. The lowest BCUT2D eigenvalue weighted by Gasteiger charge is -2.05. The van der Waals surface area contributed by atoms with Crippen molar-refractivity contribution in [2.24, 2.45) is 0 Å². The number of hydrogen-bond donors (Lipinski definition) is 2. The minimum Gasteiger partial charge on any atom is -0.285 e. The van der Waals surface area contributed by atoms with E-state index in [1.807, 2.05) is 0 Å². The van der Waals surface area contributed by atoms with E-state index in [1.165, 1.54) is 12.3 Å². The molecule has 2 heterocycles. The second-order valence-corrected chi connectivity index (χ2v) is 5.91. The Kier molecular flexibility index (Phi) is 3.86. The molecule has 9 heteroatoms. The molecule has 2 aromatic heterocycles. The third kappa shape index (κ3) is 2.99. The van der Waals surface area contributed by atoms with E-state index in [0.717, 1.165) is 6.20 Å². The summed E-state index contributed by atoms with van der Waals surface area (Å²) in [5.74, 6) is 0. The van der Waals surface area contributed by atoms with Crippen LogP contribution in [-0.4, -0.2) is 23.6 Å². The second kappa shape index (κ2) is 5.23. The Morgan fingerprint density at radius 1 is 1.33 bits per heavy atom. The van der Waals surface area contributed by atoms with Crippen LogP contribution in [0.5, 0.6) is 0 Å². The largest absolute Gasteiger partial charge is 0.285 e. The van der Waals surface area contributed by atoms with Gasteiger partial charge < -0.3 is 0 Å². The van der Waals surface area contributed by atoms with Gasteiger partial charge in [0.15, 0.2) is 0 Å². The minimum atomic E-state index is -3.67. The second-order valence-electron chi connectivity index (χ2n) is 3.37. The van der Waals surface area contributed by atoms with Crippen molar-refractivity contribution >= 4 is 33.2 Å². The lowest BCUT2D eigenvalue weighted by atomic mass is 10.4. The molecule has 0 saturated carbocycles. The van der Waals surface area contributed by atoms with Crippen molar-refractivity contribution in [3.63, 3.8) is 0 Å². The summed E-state index contributed by atoms with van der Waals surface area (Å²) in [5, 5.41) is 6.44. The van der Waals surface area contributed by atoms with E-state index in [2.05, 4.69) is 19.9 Å². The maximum absolute atomic E-state index is 11.9. The lowest BCUT2D eigenvalue weighted by molar-refractivity contribution is 0.581. The van der Waals surface area contributed by atoms with Crippen molar-refractivity contribution in [1.82, 2.24) is 19.9 Å². The van der Waals surface area contributed by atoms with Gasteiger partial charge in [-0.3, -0.25) is 5.10 Å². The van der Waals surface area contributed by atoms with Crippen molar-refractivity contribution in [1.29, 1.82) is 0 Å². The van der Waals surface area contributed by atoms with Gasteiger partial charge in [0.1, 0.15) is 10.0 Å². The van der Waals surface area contributed by atoms with Gasteiger partial charge in [-0.05, 0) is 6.07 Å². The van der Waals surface area contributed by atoms with E-state index in [4.69, 9.17) is 23.2 Å². The summed E-state index contributed by atoms with van der Waals surface area (Å²) < 4.78 is 26.2. The molecule has 0 aromatic carbocycles. The summed E-state index contributed by atoms with van der Waals surface area (Å²) >= 11 is 11.3. The molecule has 0 aliphatic heterocycles. The van der Waals surface area contributed by atoms with Gasteiger partial charge in [0.2, 0.25) is 10.0 Å². The molecule has 0 spiro atoms. The summed E-state index contributed by atoms with van der Waals surface area (Å²) in [6, 6.07) is 1.24. The normalized spacial score (nSPS) is 11.7. The number of aromatic nitrogens is 3. The van der Waals surface area contributed by atoms with Crippen LogP contribution in [0, 0.1) is 0 Å². The van der Waals surface area contributed by atoms with Gasteiger partial charge in [0, 0.05) is 24.5 Å². The Balaban J connectivity index is 2.17. The number of nitrogens with zero attached hydrogens (tertiary/aromatic N) is 2. The van der Waals surface area contributed by atoms with Crippen LogP contribution in [0.2, 0.25) is 10.2 Å². The molecule has 2 rings (SSSR count). The number of pyridine rings is 1. The quantitative estimate of drug-likeness (QED) is 0.840. The molecular formula is C9H8Cl2N4O2S. The van der Waals surface area contributed by atoms with Crippen LogP contribution in [-0.2, 0) is 16.6 Å². The first-order chi connectivity index (χ1) is 8.49. The zero-order valence-electron chi connectivity index (χ0n) is 8.89. The number of halogens is 2. The molecule has 0 fully saturated rings. The Labute approximate surface area is 113 Å². The fourth-order valence-electron chi connectivity index (χ4n) is 1.19. The van der Waals surface area contributed by atoms with Gasteiger partial charge in [0.25, 0.3) is 0 Å². The third-order valence-corrected chi connectivity index (χ3v) is 4.16. The Morgan fingerprint density at radius 3 is 2.72 bits per heavy atom. The summed E-state index contributed by atoms with van der Waals surface area (Å²) in [4.78, 5) is 3.64. The van der Waals surface area contributed by atoms with E-state index in [9.17, 15) is 8.42 Å². The molecule has 18 heavy (non-hydrogen) atoms. The molecular weight excluding hydrogens is 299 g/mol. The summed E-state index contributed by atoms with van der Waals surface area (Å²) in [6.45, 7) is 0.124. The number of sulfonamides is 1. The van der Waals surface area contributed by atoms with Crippen LogP contribution >= 0.6 is 23.2 Å². The van der Waals surface area contributed by atoms with Gasteiger partial charge in [-0.1, -0.05) is 23.2 Å². The zero-order valence-corrected chi connectivity index (χ0v) is 11.2. The molecule has 2 aromatic rings. The van der Waals surface area contributed by atoms with E-state index >= 15 is 0 Å². The molecule has 2 N–H and O–H groups in total. The standard InChI is InChI=1S/C9H8Cl2N4O2S/c10-8-1-7(5-12-9(8)11)18(16,17)15-4-6-2-13-14-3-6/h1-3,5,15H,4H2,(H,13,14). The topological polar surface area (TPSA) is 87.7 Å². The van der Waals surface area contributed by atoms with Crippen LogP contribution in [0.1, 0.15) is 5.56 Å². The maximum Gasteiger partial charge on any atom is 0.242 e. The molecule has 0 radical (unpaired) electrons. The first-order valence-electron chi connectivity index (χ1n) is 4.77. The van der Waals surface area contributed by atoms with Crippen LogP contribution < -0.4 is 4.72 Å². The smallest absolute Gasteiger partial charge is 0.242 e. The first-order valence-corrected chi connectivity index (χ1v) is 7.01. The van der Waals surface area contributed by atoms with E-state index < -0.39 is 10.0 Å². The third-order valence-electron chi connectivity index (χ3n) is 2.10. The molecule has 0 bridgehead atoms. The van der Waals surface area contributed by atoms with Gasteiger partial charge in [0.05, 0.1) is 11.2 Å². The summed E-state index contributed by atoms with van der Waals surface area (Å²) in [5.41, 5.74) is 0.714. The van der Waals surface area contributed by atoms with Gasteiger partial charge in [-0.25, -0.2) is 18.1 Å². The fourth-order valence-corrected chi connectivity index (χ4v) is 2.51. The molecule has 0 unspecified atom stereocenters. The Bertz CT molecular complexity index is 643.